The number of rotatable bonds is 4. The number of hydrogen-bond acceptors (Lipinski definition) is 6. The van der Waals surface area contributed by atoms with Gasteiger partial charge in [-0.25, -0.2) is 9.97 Å². The Bertz CT molecular complexity index is 1130. The molecule has 0 aliphatic carbocycles. The van der Waals surface area contributed by atoms with Crippen molar-refractivity contribution in [3.8, 4) is 24.0 Å². The monoisotopic (exact) mass is 419 g/mol. The molecule has 0 fully saturated rings. The van der Waals surface area contributed by atoms with Crippen molar-refractivity contribution in [1.82, 2.24) is 19.7 Å². The fraction of sp³-hybridized carbons (Fsp3) is 0.273. The van der Waals surface area contributed by atoms with Crippen molar-refractivity contribution in [3.05, 3.63) is 58.5 Å². The second kappa shape index (κ2) is 8.20. The molecule has 0 saturated heterocycles. The largest absolute Gasteiger partial charge is 0.481 e. The molecule has 152 valence electrons. The number of nitrogens with one attached hydrogen (secondary N) is 1. The minimum atomic E-state index is -0.0803. The summed E-state index contributed by atoms with van der Waals surface area (Å²) < 4.78 is 7.11. The summed E-state index contributed by atoms with van der Waals surface area (Å²) in [6, 6.07) is 9.67. The fourth-order valence-electron chi connectivity index (χ4n) is 3.46. The van der Waals surface area contributed by atoms with Gasteiger partial charge >= 0.3 is 0 Å². The third-order valence-electron chi connectivity index (χ3n) is 4.67. The van der Waals surface area contributed by atoms with Crippen LogP contribution in [0.4, 0.5) is 5.82 Å². The summed E-state index contributed by atoms with van der Waals surface area (Å²) in [5.41, 5.74) is 4.50. The van der Waals surface area contributed by atoms with Crippen molar-refractivity contribution in [2.24, 2.45) is 0 Å². The Kier molecular flexibility index (Phi) is 5.46. The summed E-state index contributed by atoms with van der Waals surface area (Å²) in [4.78, 5) is 21.5. The molecule has 2 aromatic heterocycles. The van der Waals surface area contributed by atoms with Crippen molar-refractivity contribution in [1.29, 1.82) is 0 Å². The number of terminal acetylenes is 1. The minimum Gasteiger partial charge on any atom is -0.481 e. The molecule has 7 nitrogen and oxygen atoms in total. The number of fused-ring (bicyclic) bond motifs is 1. The standard InChI is InChI=1S/C22H21N5O2S/c1-5-10-29-17-8-6-16(7-9-17)20-19-15(4)26-27(21(19)25-18(28)12-30-20)22-23-13(2)11-14(3)24-22/h1,6-9,11,20H,10,12H2,2-4H3,(H,25,28). The Labute approximate surface area is 179 Å². The SMILES string of the molecule is C#CCOc1ccc(C2SCC(=O)Nc3c2c(C)nn3-c2nc(C)cc(C)n2)cc1. The first kappa shape index (κ1) is 20.0. The first-order valence-electron chi connectivity index (χ1n) is 9.46. The van der Waals surface area contributed by atoms with Gasteiger partial charge in [-0.1, -0.05) is 18.1 Å². The molecule has 1 aliphatic rings. The van der Waals surface area contributed by atoms with E-state index in [1.807, 2.05) is 51.1 Å². The summed E-state index contributed by atoms with van der Waals surface area (Å²) >= 11 is 1.56. The van der Waals surface area contributed by atoms with E-state index in [0.29, 0.717) is 23.3 Å². The third kappa shape index (κ3) is 3.89. The molecule has 30 heavy (non-hydrogen) atoms. The van der Waals surface area contributed by atoms with Crippen LogP contribution in [0.2, 0.25) is 0 Å². The van der Waals surface area contributed by atoms with Crippen molar-refractivity contribution in [3.63, 3.8) is 0 Å². The molecule has 8 heteroatoms. The fourth-order valence-corrected chi connectivity index (χ4v) is 4.65. The average Bonchev–Trinajstić information content (AvgIpc) is 2.92. The molecule has 0 saturated carbocycles. The molecule has 4 rings (SSSR count). The molecule has 0 bridgehead atoms. The number of benzene rings is 1. The molecule has 1 atom stereocenters. The molecule has 0 radical (unpaired) electrons. The van der Waals surface area contributed by atoms with E-state index in [1.165, 1.54) is 0 Å². The first-order valence-corrected chi connectivity index (χ1v) is 10.5. The van der Waals surface area contributed by atoms with Gasteiger partial charge in [0.05, 0.1) is 16.7 Å². The molecular weight excluding hydrogens is 398 g/mol. The Morgan fingerprint density at radius 2 is 1.93 bits per heavy atom. The number of ether oxygens (including phenoxy) is 1. The van der Waals surface area contributed by atoms with Gasteiger partial charge in [-0.05, 0) is 44.5 Å². The van der Waals surface area contributed by atoms with E-state index in [-0.39, 0.29) is 17.8 Å². The lowest BCUT2D eigenvalue weighted by molar-refractivity contribution is -0.113. The molecule has 1 unspecified atom stereocenters. The van der Waals surface area contributed by atoms with Crippen molar-refractivity contribution < 1.29 is 9.53 Å². The Morgan fingerprint density at radius 1 is 1.23 bits per heavy atom. The number of carbonyl (C=O) groups excluding carboxylic acids is 1. The van der Waals surface area contributed by atoms with Crippen LogP contribution in [-0.2, 0) is 4.79 Å². The quantitative estimate of drug-likeness (QED) is 0.653. The van der Waals surface area contributed by atoms with E-state index in [1.54, 1.807) is 16.4 Å². The van der Waals surface area contributed by atoms with E-state index in [0.717, 1.165) is 28.2 Å². The van der Waals surface area contributed by atoms with Crippen LogP contribution in [0, 0.1) is 33.1 Å². The predicted octanol–water partition coefficient (Wildman–Crippen LogP) is 3.37. The smallest absolute Gasteiger partial charge is 0.252 e. The highest BCUT2D eigenvalue weighted by atomic mass is 32.2. The van der Waals surface area contributed by atoms with Gasteiger partial charge in [-0.3, -0.25) is 4.79 Å². The highest BCUT2D eigenvalue weighted by Crippen LogP contribution is 2.43. The van der Waals surface area contributed by atoms with Crippen molar-refractivity contribution in [2.45, 2.75) is 26.0 Å². The lowest BCUT2D eigenvalue weighted by atomic mass is 10.0. The highest BCUT2D eigenvalue weighted by molar-refractivity contribution is 8.00. The van der Waals surface area contributed by atoms with E-state index in [2.05, 4.69) is 26.3 Å². The molecule has 1 N–H and O–H groups in total. The maximum Gasteiger partial charge on any atom is 0.252 e. The van der Waals surface area contributed by atoms with E-state index in [9.17, 15) is 4.79 Å². The number of amides is 1. The number of nitrogens with zero attached hydrogens (tertiary/aromatic N) is 4. The molecule has 0 spiro atoms. The summed E-state index contributed by atoms with van der Waals surface area (Å²) in [6.45, 7) is 5.98. The Balaban J connectivity index is 1.79. The number of thioether (sulfide) groups is 1. The van der Waals surface area contributed by atoms with Crippen molar-refractivity contribution >= 4 is 23.5 Å². The zero-order valence-electron chi connectivity index (χ0n) is 17.0. The van der Waals surface area contributed by atoms with Crippen LogP contribution >= 0.6 is 11.8 Å². The second-order valence-electron chi connectivity index (χ2n) is 7.01. The zero-order valence-corrected chi connectivity index (χ0v) is 17.8. The highest BCUT2D eigenvalue weighted by Gasteiger charge is 2.31. The first-order chi connectivity index (χ1) is 14.5. The molecule has 1 amide bonds. The number of hydrogen-bond donors (Lipinski definition) is 1. The molecule has 3 heterocycles. The predicted molar refractivity (Wildman–Crippen MR) is 117 cm³/mol. The van der Waals surface area contributed by atoms with Crippen molar-refractivity contribution in [2.75, 3.05) is 17.7 Å². The normalized spacial score (nSPS) is 15.7. The number of anilines is 1. The maximum absolute atomic E-state index is 12.5. The number of carbonyl (C=O) groups is 1. The van der Waals surface area contributed by atoms with Crippen LogP contribution in [0.3, 0.4) is 0 Å². The van der Waals surface area contributed by atoms with E-state index in [4.69, 9.17) is 11.2 Å². The van der Waals surface area contributed by atoms with Crippen LogP contribution in [-0.4, -0.2) is 38.0 Å². The summed E-state index contributed by atoms with van der Waals surface area (Å²) in [7, 11) is 0. The summed E-state index contributed by atoms with van der Waals surface area (Å²) in [6.07, 6.45) is 5.26. The number of aromatic nitrogens is 4. The summed E-state index contributed by atoms with van der Waals surface area (Å²) in [5.74, 6) is 4.48. The Hall–Kier alpha value is -3.31. The summed E-state index contributed by atoms with van der Waals surface area (Å²) in [5, 5.41) is 7.60. The zero-order chi connectivity index (χ0) is 21.3. The minimum absolute atomic E-state index is 0.0692. The van der Waals surface area contributed by atoms with E-state index < -0.39 is 0 Å². The van der Waals surface area contributed by atoms with Gasteiger partial charge < -0.3 is 10.1 Å². The lowest BCUT2D eigenvalue weighted by Crippen LogP contribution is -2.17. The van der Waals surface area contributed by atoms with Gasteiger partial charge in [0.25, 0.3) is 5.95 Å². The number of aryl methyl sites for hydroxylation is 3. The third-order valence-corrected chi connectivity index (χ3v) is 5.94. The second-order valence-corrected chi connectivity index (χ2v) is 8.10. The van der Waals surface area contributed by atoms with Crippen LogP contribution in [0.1, 0.15) is 33.5 Å². The van der Waals surface area contributed by atoms with Gasteiger partial charge in [-0.15, -0.1) is 18.2 Å². The molecule has 1 aliphatic heterocycles. The molecule has 3 aromatic rings. The van der Waals surface area contributed by atoms with Gasteiger partial charge in [0, 0.05) is 17.0 Å². The molecular formula is C22H21N5O2S. The van der Waals surface area contributed by atoms with Gasteiger partial charge in [0.15, 0.2) is 0 Å². The van der Waals surface area contributed by atoms with Crippen LogP contribution in [0.15, 0.2) is 30.3 Å². The van der Waals surface area contributed by atoms with Gasteiger partial charge in [0.1, 0.15) is 18.2 Å². The van der Waals surface area contributed by atoms with Gasteiger partial charge in [-0.2, -0.15) is 9.78 Å². The Morgan fingerprint density at radius 3 is 2.60 bits per heavy atom. The van der Waals surface area contributed by atoms with Gasteiger partial charge in [0.2, 0.25) is 5.91 Å². The molecule has 1 aromatic carbocycles. The van der Waals surface area contributed by atoms with Crippen LogP contribution < -0.4 is 10.1 Å². The van der Waals surface area contributed by atoms with Crippen LogP contribution in [0.5, 0.6) is 5.75 Å². The van der Waals surface area contributed by atoms with Crippen LogP contribution in [0.25, 0.3) is 5.95 Å². The maximum atomic E-state index is 12.5. The topological polar surface area (TPSA) is 81.9 Å². The lowest BCUT2D eigenvalue weighted by Gasteiger charge is -2.16. The average molecular weight is 420 g/mol. The van der Waals surface area contributed by atoms with E-state index >= 15 is 0 Å².